The first kappa shape index (κ1) is 8.77. The molecule has 0 aliphatic carbocycles. The van der Waals surface area contributed by atoms with E-state index in [4.69, 9.17) is 15.3 Å². The molecule has 0 aromatic carbocycles. The van der Waals surface area contributed by atoms with Crippen molar-refractivity contribution in [3.05, 3.63) is 22.6 Å². The highest BCUT2D eigenvalue weighted by Gasteiger charge is 2.23. The van der Waals surface area contributed by atoms with Gasteiger partial charge in [-0.2, -0.15) is 0 Å². The molecular weight excluding hydrogens is 210 g/mol. The number of nitrogens with two attached hydrogens (primary N) is 1. The molecule has 0 aliphatic heterocycles. The summed E-state index contributed by atoms with van der Waals surface area (Å²) in [6.07, 6.45) is 1.54. The number of aliphatic hydroxyl groups is 1. The van der Waals surface area contributed by atoms with Crippen LogP contribution in [0.4, 0.5) is 0 Å². The van der Waals surface area contributed by atoms with Gasteiger partial charge in [0.1, 0.15) is 12.0 Å². The highest BCUT2D eigenvalue weighted by Crippen LogP contribution is 2.22. The average molecular weight is 220 g/mol. The smallest absolute Gasteiger partial charge is 0.126 e. The zero-order valence-corrected chi connectivity index (χ0v) is 7.76. The molecule has 0 spiro atoms. The zero-order valence-electron chi connectivity index (χ0n) is 6.17. The summed E-state index contributed by atoms with van der Waals surface area (Å²) in [5.74, 6) is 0.576. The van der Waals surface area contributed by atoms with Gasteiger partial charge in [0.05, 0.1) is 16.6 Å². The Morgan fingerprint density at radius 3 is 2.82 bits per heavy atom. The third-order valence-corrected chi connectivity index (χ3v) is 1.87. The molecule has 0 saturated carbocycles. The molecule has 0 radical (unpaired) electrons. The molecular formula is C7H10BrNO2. The van der Waals surface area contributed by atoms with Gasteiger partial charge in [0.2, 0.25) is 0 Å². The standard InChI is InChI=1S/C7H10BrNO2/c1-7(9,4-10)6-2-5(8)3-11-6/h2-3,10H,4,9H2,1H3/t7-/m1/s1. The Morgan fingerprint density at radius 2 is 2.45 bits per heavy atom. The summed E-state index contributed by atoms with van der Waals surface area (Å²) in [4.78, 5) is 0. The normalized spacial score (nSPS) is 16.4. The van der Waals surface area contributed by atoms with Gasteiger partial charge in [-0.15, -0.1) is 0 Å². The van der Waals surface area contributed by atoms with Crippen molar-refractivity contribution in [2.75, 3.05) is 6.61 Å². The molecule has 0 saturated heterocycles. The molecule has 0 aliphatic rings. The molecule has 1 heterocycles. The van der Waals surface area contributed by atoms with E-state index in [2.05, 4.69) is 15.9 Å². The fraction of sp³-hybridized carbons (Fsp3) is 0.429. The number of halogens is 1. The highest BCUT2D eigenvalue weighted by atomic mass is 79.9. The van der Waals surface area contributed by atoms with Crippen molar-refractivity contribution < 1.29 is 9.52 Å². The monoisotopic (exact) mass is 219 g/mol. The number of rotatable bonds is 2. The fourth-order valence-electron chi connectivity index (χ4n) is 0.690. The van der Waals surface area contributed by atoms with Gasteiger partial charge >= 0.3 is 0 Å². The molecule has 4 heteroatoms. The Morgan fingerprint density at radius 1 is 1.82 bits per heavy atom. The molecule has 1 atom stereocenters. The number of hydrogen-bond acceptors (Lipinski definition) is 3. The van der Waals surface area contributed by atoms with Crippen molar-refractivity contribution in [3.8, 4) is 0 Å². The summed E-state index contributed by atoms with van der Waals surface area (Å²) in [6, 6.07) is 1.75. The Bertz CT molecular complexity index is 244. The lowest BCUT2D eigenvalue weighted by atomic mass is 10.0. The molecule has 62 valence electrons. The first-order valence-corrected chi connectivity index (χ1v) is 4.00. The average Bonchev–Trinajstić information content (AvgIpc) is 2.36. The van der Waals surface area contributed by atoms with Crippen molar-refractivity contribution in [2.45, 2.75) is 12.5 Å². The fourth-order valence-corrected chi connectivity index (χ4v) is 0.992. The zero-order chi connectivity index (χ0) is 8.48. The van der Waals surface area contributed by atoms with Crippen molar-refractivity contribution in [1.29, 1.82) is 0 Å². The van der Waals surface area contributed by atoms with Crippen LogP contribution in [-0.4, -0.2) is 11.7 Å². The molecule has 3 nitrogen and oxygen atoms in total. The molecule has 11 heavy (non-hydrogen) atoms. The predicted octanol–water partition coefficient (Wildman–Crippen LogP) is 1.21. The van der Waals surface area contributed by atoms with Gasteiger partial charge in [-0.1, -0.05) is 0 Å². The lowest BCUT2D eigenvalue weighted by molar-refractivity contribution is 0.188. The second-order valence-electron chi connectivity index (χ2n) is 2.70. The van der Waals surface area contributed by atoms with Crippen LogP contribution in [0.25, 0.3) is 0 Å². The lowest BCUT2D eigenvalue weighted by Gasteiger charge is -2.17. The first-order valence-electron chi connectivity index (χ1n) is 3.20. The molecule has 1 aromatic rings. The van der Waals surface area contributed by atoms with Crippen LogP contribution in [0.1, 0.15) is 12.7 Å². The van der Waals surface area contributed by atoms with E-state index in [1.165, 1.54) is 6.26 Å². The summed E-state index contributed by atoms with van der Waals surface area (Å²) in [7, 11) is 0. The van der Waals surface area contributed by atoms with E-state index < -0.39 is 5.54 Å². The summed E-state index contributed by atoms with van der Waals surface area (Å²) >= 11 is 3.22. The molecule has 1 aromatic heterocycles. The van der Waals surface area contributed by atoms with Gasteiger partial charge in [-0.25, -0.2) is 0 Å². The van der Waals surface area contributed by atoms with Gasteiger partial charge in [0.25, 0.3) is 0 Å². The quantitative estimate of drug-likeness (QED) is 0.787. The van der Waals surface area contributed by atoms with E-state index in [0.717, 1.165) is 4.47 Å². The van der Waals surface area contributed by atoms with Gasteiger partial charge in [0.15, 0.2) is 0 Å². The van der Waals surface area contributed by atoms with Crippen LogP contribution in [0, 0.1) is 0 Å². The molecule has 0 fully saturated rings. The first-order chi connectivity index (χ1) is 5.06. The predicted molar refractivity (Wildman–Crippen MR) is 45.0 cm³/mol. The Labute approximate surface area is 73.3 Å². The van der Waals surface area contributed by atoms with Crippen LogP contribution < -0.4 is 5.73 Å². The molecule has 3 N–H and O–H groups in total. The van der Waals surface area contributed by atoms with Crippen LogP contribution in [0.2, 0.25) is 0 Å². The van der Waals surface area contributed by atoms with E-state index in [-0.39, 0.29) is 6.61 Å². The van der Waals surface area contributed by atoms with Gasteiger partial charge < -0.3 is 15.3 Å². The van der Waals surface area contributed by atoms with Crippen molar-refractivity contribution in [2.24, 2.45) is 5.73 Å². The van der Waals surface area contributed by atoms with E-state index in [0.29, 0.717) is 5.76 Å². The van der Waals surface area contributed by atoms with E-state index in [1.807, 2.05) is 0 Å². The maximum absolute atomic E-state index is 8.86. The minimum absolute atomic E-state index is 0.132. The topological polar surface area (TPSA) is 59.4 Å². The van der Waals surface area contributed by atoms with Crippen LogP contribution in [0.15, 0.2) is 21.2 Å². The summed E-state index contributed by atoms with van der Waals surface area (Å²) in [6.45, 7) is 1.57. The van der Waals surface area contributed by atoms with Crippen LogP contribution in [-0.2, 0) is 5.54 Å². The summed E-state index contributed by atoms with van der Waals surface area (Å²) in [5, 5.41) is 8.86. The van der Waals surface area contributed by atoms with Crippen molar-refractivity contribution in [1.82, 2.24) is 0 Å². The largest absolute Gasteiger partial charge is 0.466 e. The minimum Gasteiger partial charge on any atom is -0.466 e. The second-order valence-corrected chi connectivity index (χ2v) is 3.62. The molecule has 0 unspecified atom stereocenters. The summed E-state index contributed by atoms with van der Waals surface area (Å²) in [5.41, 5.74) is 4.90. The van der Waals surface area contributed by atoms with Crippen molar-refractivity contribution in [3.63, 3.8) is 0 Å². The van der Waals surface area contributed by atoms with Crippen molar-refractivity contribution >= 4 is 15.9 Å². The van der Waals surface area contributed by atoms with E-state index in [9.17, 15) is 0 Å². The van der Waals surface area contributed by atoms with Gasteiger partial charge in [-0.05, 0) is 28.9 Å². The Balaban J connectivity index is 2.92. The molecule has 0 bridgehead atoms. The van der Waals surface area contributed by atoms with Crippen LogP contribution in [0.5, 0.6) is 0 Å². The number of aliphatic hydroxyl groups excluding tert-OH is 1. The van der Waals surface area contributed by atoms with Crippen LogP contribution in [0.3, 0.4) is 0 Å². The third-order valence-electron chi connectivity index (χ3n) is 1.46. The lowest BCUT2D eigenvalue weighted by Crippen LogP contribution is -2.36. The number of hydrogen-bond donors (Lipinski definition) is 2. The molecule has 0 amide bonds. The molecule has 1 rings (SSSR count). The van der Waals surface area contributed by atoms with Gasteiger partial charge in [-0.3, -0.25) is 0 Å². The highest BCUT2D eigenvalue weighted by molar-refractivity contribution is 9.10. The van der Waals surface area contributed by atoms with E-state index in [1.54, 1.807) is 13.0 Å². The Kier molecular flexibility index (Phi) is 2.37. The maximum atomic E-state index is 8.86. The van der Waals surface area contributed by atoms with E-state index >= 15 is 0 Å². The maximum Gasteiger partial charge on any atom is 0.126 e. The second kappa shape index (κ2) is 2.97. The van der Waals surface area contributed by atoms with Crippen LogP contribution >= 0.6 is 15.9 Å². The number of furan rings is 1. The minimum atomic E-state index is -0.786. The summed E-state index contributed by atoms with van der Waals surface area (Å²) < 4.78 is 5.92. The Hall–Kier alpha value is -0.320. The SMILES string of the molecule is C[C@@](N)(CO)c1cc(Br)co1. The third kappa shape index (κ3) is 1.83. The van der Waals surface area contributed by atoms with Gasteiger partial charge in [0, 0.05) is 0 Å².